The minimum atomic E-state index is -4.38. The van der Waals surface area contributed by atoms with E-state index in [4.69, 9.17) is 0 Å². The van der Waals surface area contributed by atoms with Crippen LogP contribution in [0.2, 0.25) is 0 Å². The zero-order chi connectivity index (χ0) is 23.9. The Kier molecular flexibility index (Phi) is 5.57. The molecule has 1 atom stereocenters. The number of aryl methyl sites for hydroxylation is 1. The number of alkyl halides is 3. The summed E-state index contributed by atoms with van der Waals surface area (Å²) < 4.78 is 40.8. The van der Waals surface area contributed by atoms with E-state index < -0.39 is 18.8 Å². The quantitative estimate of drug-likeness (QED) is 0.492. The van der Waals surface area contributed by atoms with Gasteiger partial charge in [0.25, 0.3) is 0 Å². The predicted octanol–water partition coefficient (Wildman–Crippen LogP) is 4.09. The Morgan fingerprint density at radius 2 is 2.00 bits per heavy atom. The van der Waals surface area contributed by atoms with Crippen LogP contribution in [-0.2, 0) is 24.8 Å². The number of carbonyl (C=O) groups excluding carboxylic acids is 1. The Morgan fingerprint density at radius 1 is 1.24 bits per heavy atom. The number of nitrogens with one attached hydrogen (secondary N) is 1. The molecule has 3 aromatic heterocycles. The number of nitrogens with zero attached hydrogens (tertiary/aromatic N) is 5. The summed E-state index contributed by atoms with van der Waals surface area (Å²) in [5.74, 6) is -0.234. The predicted molar refractivity (Wildman–Crippen MR) is 116 cm³/mol. The third-order valence-electron chi connectivity index (χ3n) is 5.73. The van der Waals surface area contributed by atoms with Gasteiger partial charge in [0.15, 0.2) is 0 Å². The highest BCUT2D eigenvalue weighted by Gasteiger charge is 2.29. The molecule has 1 N–H and O–H groups in total. The standard InChI is InChI=1S/C23H21F3N6O/c1-13(19-8-16-10-29-32(12-23(24,25)26)21(16)11-28-19)30-22(33)7-15-4-5-20-17(6-15)18(9-27)14(2)31(20)3/h4-6,8,10-11,13H,7,12H2,1-3H3,(H,30,33)/t13-/m1/s1. The van der Waals surface area contributed by atoms with Crippen LogP contribution in [0.3, 0.4) is 0 Å². The van der Waals surface area contributed by atoms with Crippen molar-refractivity contribution in [3.63, 3.8) is 0 Å². The molecule has 0 aliphatic rings. The van der Waals surface area contributed by atoms with Crippen LogP contribution < -0.4 is 5.32 Å². The van der Waals surface area contributed by atoms with E-state index in [9.17, 15) is 23.2 Å². The van der Waals surface area contributed by atoms with Gasteiger partial charge in [-0.2, -0.15) is 23.5 Å². The Balaban J connectivity index is 1.48. The third-order valence-corrected chi connectivity index (χ3v) is 5.73. The van der Waals surface area contributed by atoms with Gasteiger partial charge in [-0.1, -0.05) is 6.07 Å². The largest absolute Gasteiger partial charge is 0.408 e. The number of carbonyl (C=O) groups is 1. The number of halogens is 3. The molecule has 170 valence electrons. The molecule has 0 aliphatic heterocycles. The molecule has 3 heterocycles. The lowest BCUT2D eigenvalue weighted by Crippen LogP contribution is -2.28. The van der Waals surface area contributed by atoms with Crippen LogP contribution in [0.15, 0.2) is 36.7 Å². The Labute approximate surface area is 187 Å². The lowest BCUT2D eigenvalue weighted by molar-refractivity contribution is -0.141. The highest BCUT2D eigenvalue weighted by molar-refractivity contribution is 5.90. The molecule has 4 rings (SSSR count). The SMILES string of the molecule is Cc1c(C#N)c2cc(CC(=O)N[C@H](C)c3cc4cnn(CC(F)(F)F)c4cn3)ccc2n1C. The first kappa shape index (κ1) is 22.3. The van der Waals surface area contributed by atoms with Crippen LogP contribution in [0.25, 0.3) is 21.8 Å². The number of nitriles is 1. The number of hydrogen-bond acceptors (Lipinski definition) is 4. The fourth-order valence-corrected chi connectivity index (χ4v) is 3.95. The molecule has 0 bridgehead atoms. The molecule has 0 unspecified atom stereocenters. The van der Waals surface area contributed by atoms with Gasteiger partial charge in [-0.05, 0) is 37.6 Å². The van der Waals surface area contributed by atoms with Crippen molar-refractivity contribution >= 4 is 27.7 Å². The molecule has 7 nitrogen and oxygen atoms in total. The fraction of sp³-hybridized carbons (Fsp3) is 0.304. The number of rotatable bonds is 5. The van der Waals surface area contributed by atoms with Gasteiger partial charge in [-0.15, -0.1) is 0 Å². The maximum atomic E-state index is 12.7. The van der Waals surface area contributed by atoms with Crippen LogP contribution >= 0.6 is 0 Å². The lowest BCUT2D eigenvalue weighted by Gasteiger charge is -2.14. The average molecular weight is 454 g/mol. The summed E-state index contributed by atoms with van der Waals surface area (Å²) in [7, 11) is 1.89. The molecule has 0 saturated heterocycles. The van der Waals surface area contributed by atoms with Crippen molar-refractivity contribution < 1.29 is 18.0 Å². The number of amides is 1. The number of pyridine rings is 1. The molecule has 0 aliphatic carbocycles. The zero-order valence-electron chi connectivity index (χ0n) is 18.2. The minimum Gasteiger partial charge on any atom is -0.348 e. The van der Waals surface area contributed by atoms with E-state index >= 15 is 0 Å². The summed E-state index contributed by atoms with van der Waals surface area (Å²) in [6.07, 6.45) is -1.58. The Hall–Kier alpha value is -3.87. The first-order valence-electron chi connectivity index (χ1n) is 10.2. The van der Waals surface area contributed by atoms with E-state index in [1.54, 1.807) is 13.0 Å². The second-order valence-corrected chi connectivity index (χ2v) is 8.03. The van der Waals surface area contributed by atoms with E-state index in [1.165, 1.54) is 12.4 Å². The van der Waals surface area contributed by atoms with E-state index in [0.29, 0.717) is 16.6 Å². The van der Waals surface area contributed by atoms with Gasteiger partial charge in [-0.25, -0.2) is 0 Å². The van der Waals surface area contributed by atoms with Gasteiger partial charge in [-0.3, -0.25) is 14.5 Å². The second-order valence-electron chi connectivity index (χ2n) is 8.03. The summed E-state index contributed by atoms with van der Waals surface area (Å²) in [5, 5.41) is 17.4. The van der Waals surface area contributed by atoms with Crippen LogP contribution in [0.4, 0.5) is 13.2 Å². The highest BCUT2D eigenvalue weighted by atomic mass is 19.4. The fourth-order valence-electron chi connectivity index (χ4n) is 3.95. The summed E-state index contributed by atoms with van der Waals surface area (Å²) in [4.78, 5) is 16.9. The average Bonchev–Trinajstić information content (AvgIpc) is 3.24. The zero-order valence-corrected chi connectivity index (χ0v) is 18.2. The molecule has 4 aromatic rings. The highest BCUT2D eigenvalue weighted by Crippen LogP contribution is 2.26. The molecule has 0 saturated carbocycles. The number of hydrogen-bond donors (Lipinski definition) is 1. The van der Waals surface area contributed by atoms with Crippen molar-refractivity contribution in [2.45, 2.75) is 39.0 Å². The van der Waals surface area contributed by atoms with Crippen molar-refractivity contribution in [3.8, 4) is 6.07 Å². The maximum absolute atomic E-state index is 12.7. The lowest BCUT2D eigenvalue weighted by atomic mass is 10.1. The molecule has 0 radical (unpaired) electrons. The van der Waals surface area contributed by atoms with E-state index in [0.717, 1.165) is 26.8 Å². The summed E-state index contributed by atoms with van der Waals surface area (Å²) >= 11 is 0. The summed E-state index contributed by atoms with van der Waals surface area (Å²) in [5.41, 5.74) is 3.93. The Bertz CT molecular complexity index is 1410. The van der Waals surface area contributed by atoms with Gasteiger partial charge < -0.3 is 9.88 Å². The molecule has 0 spiro atoms. The van der Waals surface area contributed by atoms with Gasteiger partial charge in [0.1, 0.15) is 12.6 Å². The number of fused-ring (bicyclic) bond motifs is 2. The van der Waals surface area contributed by atoms with E-state index in [-0.39, 0.29) is 17.8 Å². The summed E-state index contributed by atoms with van der Waals surface area (Å²) in [6.45, 7) is 2.44. The Morgan fingerprint density at radius 3 is 2.70 bits per heavy atom. The molecule has 0 fully saturated rings. The van der Waals surface area contributed by atoms with Crippen LogP contribution in [0.5, 0.6) is 0 Å². The van der Waals surface area contributed by atoms with Crippen molar-refractivity contribution in [1.29, 1.82) is 5.26 Å². The normalized spacial score (nSPS) is 12.8. The van der Waals surface area contributed by atoms with Gasteiger partial charge in [0, 0.05) is 29.0 Å². The van der Waals surface area contributed by atoms with Crippen LogP contribution in [0.1, 0.15) is 35.5 Å². The van der Waals surface area contributed by atoms with Crippen molar-refractivity contribution in [3.05, 3.63) is 59.2 Å². The van der Waals surface area contributed by atoms with Crippen LogP contribution in [-0.4, -0.2) is 31.4 Å². The van der Waals surface area contributed by atoms with Gasteiger partial charge >= 0.3 is 6.18 Å². The monoisotopic (exact) mass is 454 g/mol. The molecular formula is C23H21F3N6O. The topological polar surface area (TPSA) is 88.5 Å². The molecule has 10 heteroatoms. The van der Waals surface area contributed by atoms with Crippen molar-refractivity contribution in [2.24, 2.45) is 7.05 Å². The van der Waals surface area contributed by atoms with E-state index in [2.05, 4.69) is 21.5 Å². The third kappa shape index (κ3) is 4.39. The molecule has 1 amide bonds. The first-order chi connectivity index (χ1) is 15.6. The smallest absolute Gasteiger partial charge is 0.348 e. The number of aromatic nitrogens is 4. The van der Waals surface area contributed by atoms with E-state index in [1.807, 2.05) is 36.7 Å². The van der Waals surface area contributed by atoms with Gasteiger partial charge in [0.05, 0.1) is 41.6 Å². The second kappa shape index (κ2) is 8.24. The van der Waals surface area contributed by atoms with Crippen LogP contribution in [0, 0.1) is 18.3 Å². The maximum Gasteiger partial charge on any atom is 0.408 e. The number of benzene rings is 1. The minimum absolute atomic E-state index is 0.116. The first-order valence-corrected chi connectivity index (χ1v) is 10.2. The van der Waals surface area contributed by atoms with Crippen molar-refractivity contribution in [2.75, 3.05) is 0 Å². The van der Waals surface area contributed by atoms with Crippen molar-refractivity contribution in [1.82, 2.24) is 24.6 Å². The summed E-state index contributed by atoms with van der Waals surface area (Å²) in [6, 6.07) is 8.99. The molecular weight excluding hydrogens is 433 g/mol. The molecule has 33 heavy (non-hydrogen) atoms. The van der Waals surface area contributed by atoms with Gasteiger partial charge in [0.2, 0.25) is 5.91 Å². The molecule has 1 aromatic carbocycles.